The van der Waals surface area contributed by atoms with Crippen LogP contribution in [0.4, 0.5) is 5.69 Å². The van der Waals surface area contributed by atoms with Gasteiger partial charge in [0.1, 0.15) is 17.1 Å². The maximum Gasteiger partial charge on any atom is 0.265 e. The Balaban J connectivity index is 2.02. The van der Waals surface area contributed by atoms with E-state index in [1.54, 1.807) is 48.5 Å². The Morgan fingerprint density at radius 1 is 1.17 bits per heavy atom. The molecule has 0 spiro atoms. The summed E-state index contributed by atoms with van der Waals surface area (Å²) < 4.78 is 5.44. The second-order valence-corrected chi connectivity index (χ2v) is 5.11. The molecule has 0 radical (unpaired) electrons. The highest BCUT2D eigenvalue weighted by molar-refractivity contribution is 6.09. The van der Waals surface area contributed by atoms with Gasteiger partial charge in [0.2, 0.25) is 0 Å². The third-order valence-corrected chi connectivity index (χ3v) is 3.56. The molecule has 0 aliphatic heterocycles. The minimum Gasteiger partial charge on any atom is -0.506 e. The Kier molecular flexibility index (Phi) is 4.20. The van der Waals surface area contributed by atoms with Gasteiger partial charge < -0.3 is 20.1 Å². The summed E-state index contributed by atoms with van der Waals surface area (Å²) in [7, 11) is 0. The molecule has 122 valence electrons. The van der Waals surface area contributed by atoms with Crippen molar-refractivity contribution in [3.8, 4) is 11.5 Å². The second-order valence-electron chi connectivity index (χ2n) is 5.11. The number of hydrogen-bond acceptors (Lipinski definition) is 4. The number of H-pyrrole nitrogens is 1. The second kappa shape index (κ2) is 6.45. The molecular formula is C18H16N2O4. The van der Waals surface area contributed by atoms with Gasteiger partial charge in [-0.15, -0.1) is 0 Å². The lowest BCUT2D eigenvalue weighted by Crippen LogP contribution is -2.23. The zero-order chi connectivity index (χ0) is 17.1. The highest BCUT2D eigenvalue weighted by atomic mass is 16.5. The van der Waals surface area contributed by atoms with Crippen molar-refractivity contribution in [1.82, 2.24) is 4.98 Å². The number of aromatic nitrogens is 1. The molecule has 1 amide bonds. The van der Waals surface area contributed by atoms with Gasteiger partial charge in [0.15, 0.2) is 0 Å². The summed E-state index contributed by atoms with van der Waals surface area (Å²) in [5.41, 5.74) is -0.0971. The Bertz CT molecular complexity index is 963. The van der Waals surface area contributed by atoms with E-state index >= 15 is 0 Å². The van der Waals surface area contributed by atoms with E-state index in [1.807, 2.05) is 6.92 Å². The van der Waals surface area contributed by atoms with Crippen molar-refractivity contribution in [3.05, 3.63) is 64.4 Å². The van der Waals surface area contributed by atoms with E-state index < -0.39 is 11.5 Å². The number of benzene rings is 2. The number of para-hydroxylation sites is 3. The number of rotatable bonds is 4. The van der Waals surface area contributed by atoms with Crippen LogP contribution in [0.15, 0.2) is 53.3 Å². The highest BCUT2D eigenvalue weighted by Crippen LogP contribution is 2.27. The number of amides is 1. The number of nitrogens with one attached hydrogen (secondary N) is 2. The van der Waals surface area contributed by atoms with Gasteiger partial charge in [-0.3, -0.25) is 9.59 Å². The van der Waals surface area contributed by atoms with Crippen LogP contribution in [0.25, 0.3) is 10.9 Å². The van der Waals surface area contributed by atoms with E-state index in [0.29, 0.717) is 28.9 Å². The van der Waals surface area contributed by atoms with Crippen LogP contribution in [0, 0.1) is 0 Å². The fraction of sp³-hybridized carbons (Fsp3) is 0.111. The summed E-state index contributed by atoms with van der Waals surface area (Å²) in [5, 5.41) is 13.4. The minimum atomic E-state index is -0.702. The third kappa shape index (κ3) is 2.81. The lowest BCUT2D eigenvalue weighted by atomic mass is 10.1. The molecule has 0 unspecified atom stereocenters. The molecule has 6 nitrogen and oxygen atoms in total. The molecule has 3 N–H and O–H groups in total. The van der Waals surface area contributed by atoms with Crippen molar-refractivity contribution in [2.45, 2.75) is 6.92 Å². The van der Waals surface area contributed by atoms with E-state index in [9.17, 15) is 14.7 Å². The number of carbonyl (C=O) groups excluding carboxylic acids is 1. The number of aromatic hydroxyl groups is 1. The summed E-state index contributed by atoms with van der Waals surface area (Å²) in [5.74, 6) is -0.558. The van der Waals surface area contributed by atoms with E-state index in [1.165, 1.54) is 0 Å². The molecule has 0 saturated carbocycles. The number of ether oxygens (including phenoxy) is 1. The minimum absolute atomic E-state index is 0.333. The van der Waals surface area contributed by atoms with Crippen LogP contribution in [-0.2, 0) is 0 Å². The predicted molar refractivity (Wildman–Crippen MR) is 91.8 cm³/mol. The summed E-state index contributed by atoms with van der Waals surface area (Å²) in [4.78, 5) is 27.3. The first-order valence-electron chi connectivity index (χ1n) is 7.49. The molecule has 3 rings (SSSR count). The molecule has 1 heterocycles. The molecule has 2 aromatic carbocycles. The average molecular weight is 324 g/mol. The molecule has 3 aromatic rings. The number of hydrogen-bond donors (Lipinski definition) is 3. The SMILES string of the molecule is CCOc1ccccc1NC(=O)c1c(O)c2ccccc2[nH]c1=O. The number of pyridine rings is 1. The number of aromatic amines is 1. The summed E-state index contributed by atoms with van der Waals surface area (Å²) in [6.45, 7) is 2.27. The van der Waals surface area contributed by atoms with Crippen molar-refractivity contribution in [3.63, 3.8) is 0 Å². The van der Waals surface area contributed by atoms with Crippen LogP contribution in [-0.4, -0.2) is 22.6 Å². The molecule has 24 heavy (non-hydrogen) atoms. The lowest BCUT2D eigenvalue weighted by molar-refractivity contribution is 0.102. The van der Waals surface area contributed by atoms with Crippen LogP contribution in [0.1, 0.15) is 17.3 Å². The van der Waals surface area contributed by atoms with Gasteiger partial charge in [0.25, 0.3) is 11.5 Å². The molecule has 0 bridgehead atoms. The lowest BCUT2D eigenvalue weighted by Gasteiger charge is -2.12. The van der Waals surface area contributed by atoms with Gasteiger partial charge in [0.05, 0.1) is 17.8 Å². The Labute approximate surface area is 137 Å². The predicted octanol–water partition coefficient (Wildman–Crippen LogP) is 2.88. The van der Waals surface area contributed by atoms with Crippen LogP contribution >= 0.6 is 0 Å². The normalized spacial score (nSPS) is 10.5. The first kappa shape index (κ1) is 15.6. The van der Waals surface area contributed by atoms with Crippen LogP contribution in [0.5, 0.6) is 11.5 Å². The molecule has 6 heteroatoms. The molecular weight excluding hydrogens is 308 g/mol. The Morgan fingerprint density at radius 2 is 1.88 bits per heavy atom. The third-order valence-electron chi connectivity index (χ3n) is 3.56. The number of fused-ring (bicyclic) bond motifs is 1. The zero-order valence-electron chi connectivity index (χ0n) is 13.0. The average Bonchev–Trinajstić information content (AvgIpc) is 2.57. The van der Waals surface area contributed by atoms with E-state index in [2.05, 4.69) is 10.3 Å². The number of carbonyl (C=O) groups is 1. The largest absolute Gasteiger partial charge is 0.506 e. The smallest absolute Gasteiger partial charge is 0.265 e. The van der Waals surface area contributed by atoms with Crippen molar-refractivity contribution in [1.29, 1.82) is 0 Å². The number of anilines is 1. The standard InChI is InChI=1S/C18H16N2O4/c1-2-24-14-10-6-5-9-13(14)20-18(23)15-16(21)11-7-3-4-8-12(11)19-17(15)22/h3-10H,2H2,1H3,(H,20,23)(H2,19,21,22). The van der Waals surface area contributed by atoms with Crippen molar-refractivity contribution in [2.75, 3.05) is 11.9 Å². The first-order chi connectivity index (χ1) is 11.6. The van der Waals surface area contributed by atoms with Gasteiger partial charge in [-0.1, -0.05) is 24.3 Å². The van der Waals surface area contributed by atoms with Gasteiger partial charge in [-0.05, 0) is 31.2 Å². The van der Waals surface area contributed by atoms with E-state index in [4.69, 9.17) is 4.74 Å². The van der Waals surface area contributed by atoms with Crippen LogP contribution < -0.4 is 15.6 Å². The first-order valence-corrected chi connectivity index (χ1v) is 7.49. The maximum absolute atomic E-state index is 12.5. The molecule has 0 aliphatic rings. The monoisotopic (exact) mass is 324 g/mol. The molecule has 0 atom stereocenters. The zero-order valence-corrected chi connectivity index (χ0v) is 13.0. The molecule has 0 fully saturated rings. The fourth-order valence-corrected chi connectivity index (χ4v) is 2.47. The summed E-state index contributed by atoms with van der Waals surface area (Å²) >= 11 is 0. The Morgan fingerprint density at radius 3 is 2.67 bits per heavy atom. The molecule has 0 saturated heterocycles. The maximum atomic E-state index is 12.5. The molecule has 0 aliphatic carbocycles. The fourth-order valence-electron chi connectivity index (χ4n) is 2.47. The van der Waals surface area contributed by atoms with E-state index in [0.717, 1.165) is 0 Å². The topological polar surface area (TPSA) is 91.4 Å². The van der Waals surface area contributed by atoms with Crippen molar-refractivity contribution < 1.29 is 14.6 Å². The quantitative estimate of drug-likeness (QED) is 0.688. The van der Waals surface area contributed by atoms with Crippen LogP contribution in [0.3, 0.4) is 0 Å². The summed E-state index contributed by atoms with van der Waals surface area (Å²) in [6.07, 6.45) is 0. The van der Waals surface area contributed by atoms with Gasteiger partial charge in [0, 0.05) is 5.39 Å². The summed E-state index contributed by atoms with van der Waals surface area (Å²) in [6, 6.07) is 13.6. The van der Waals surface area contributed by atoms with Crippen LogP contribution in [0.2, 0.25) is 0 Å². The van der Waals surface area contributed by atoms with Gasteiger partial charge in [-0.2, -0.15) is 0 Å². The van der Waals surface area contributed by atoms with Gasteiger partial charge >= 0.3 is 0 Å². The van der Waals surface area contributed by atoms with E-state index in [-0.39, 0.29) is 11.3 Å². The molecule has 1 aromatic heterocycles. The van der Waals surface area contributed by atoms with Gasteiger partial charge in [-0.25, -0.2) is 0 Å². The Hall–Kier alpha value is -3.28. The van der Waals surface area contributed by atoms with Crippen molar-refractivity contribution in [2.24, 2.45) is 0 Å². The van der Waals surface area contributed by atoms with Crippen molar-refractivity contribution >= 4 is 22.5 Å². The highest BCUT2D eigenvalue weighted by Gasteiger charge is 2.20.